The molecule has 1 saturated heterocycles. The Kier molecular flexibility index (Phi) is 5.01. The van der Waals surface area contributed by atoms with Crippen LogP contribution in [0.2, 0.25) is 5.02 Å². The first-order valence-corrected chi connectivity index (χ1v) is 6.76. The molecule has 1 fully saturated rings. The molecule has 1 heterocycles. The van der Waals surface area contributed by atoms with Gasteiger partial charge in [-0.1, -0.05) is 29.8 Å². The zero-order valence-electron chi connectivity index (χ0n) is 10.7. The Hall–Kier alpha value is -0.610. The first kappa shape index (κ1) is 13.8. The number of benzene rings is 1. The number of likely N-dealkylation sites (tertiary alicyclic amines) is 1. The molecule has 4 heteroatoms. The van der Waals surface area contributed by atoms with Crippen molar-refractivity contribution in [3.63, 3.8) is 0 Å². The Morgan fingerprint density at radius 3 is 2.94 bits per heavy atom. The fourth-order valence-corrected chi connectivity index (χ4v) is 2.66. The maximum atomic E-state index is 10.1. The van der Waals surface area contributed by atoms with Crippen LogP contribution in [0.4, 0.5) is 0 Å². The molecule has 1 N–H and O–H groups in total. The van der Waals surface area contributed by atoms with Crippen LogP contribution in [0.25, 0.3) is 0 Å². The van der Waals surface area contributed by atoms with E-state index in [0.717, 1.165) is 31.6 Å². The third kappa shape index (κ3) is 3.45. The summed E-state index contributed by atoms with van der Waals surface area (Å²) in [6, 6.07) is 7.48. The van der Waals surface area contributed by atoms with Gasteiger partial charge in [-0.2, -0.15) is 0 Å². The quantitative estimate of drug-likeness (QED) is 0.891. The van der Waals surface area contributed by atoms with Gasteiger partial charge in [0.25, 0.3) is 0 Å². The molecule has 2 atom stereocenters. The predicted molar refractivity (Wildman–Crippen MR) is 72.9 cm³/mol. The third-order valence-electron chi connectivity index (χ3n) is 3.55. The summed E-state index contributed by atoms with van der Waals surface area (Å²) in [5, 5.41) is 10.8. The van der Waals surface area contributed by atoms with Crippen molar-refractivity contribution in [1.82, 2.24) is 4.90 Å². The molecule has 1 aliphatic rings. The van der Waals surface area contributed by atoms with Gasteiger partial charge in [0.2, 0.25) is 0 Å². The van der Waals surface area contributed by atoms with Gasteiger partial charge in [-0.05, 0) is 24.5 Å². The van der Waals surface area contributed by atoms with Crippen molar-refractivity contribution >= 4 is 11.6 Å². The van der Waals surface area contributed by atoms with Gasteiger partial charge < -0.3 is 14.7 Å². The topological polar surface area (TPSA) is 32.7 Å². The molecular formula is C14H20ClNO2. The summed E-state index contributed by atoms with van der Waals surface area (Å²) in [5.74, 6) is 0. The highest BCUT2D eigenvalue weighted by Gasteiger charge is 2.22. The Bertz CT molecular complexity index is 386. The number of hydrogen-bond donors (Lipinski definition) is 1. The zero-order valence-corrected chi connectivity index (χ0v) is 11.4. The van der Waals surface area contributed by atoms with Gasteiger partial charge in [-0.3, -0.25) is 0 Å². The van der Waals surface area contributed by atoms with E-state index in [0.29, 0.717) is 17.5 Å². The number of ether oxygens (including phenoxy) is 1. The standard InChI is InChI=1S/C14H20ClNO2/c1-18-11-6-8-16(10-11)9-7-14(17)12-4-2-3-5-13(12)15/h2-5,11,14,17H,6-10H2,1H3. The van der Waals surface area contributed by atoms with Crippen molar-refractivity contribution in [1.29, 1.82) is 0 Å². The van der Waals surface area contributed by atoms with Crippen molar-refractivity contribution < 1.29 is 9.84 Å². The minimum atomic E-state index is -0.486. The second-order valence-electron chi connectivity index (χ2n) is 4.77. The van der Waals surface area contributed by atoms with Gasteiger partial charge in [-0.25, -0.2) is 0 Å². The molecule has 1 aliphatic heterocycles. The van der Waals surface area contributed by atoms with E-state index in [2.05, 4.69) is 4.90 Å². The number of aliphatic hydroxyl groups is 1. The van der Waals surface area contributed by atoms with Gasteiger partial charge >= 0.3 is 0 Å². The van der Waals surface area contributed by atoms with Crippen molar-refractivity contribution in [2.24, 2.45) is 0 Å². The fourth-order valence-electron chi connectivity index (χ4n) is 2.40. The summed E-state index contributed by atoms with van der Waals surface area (Å²) in [6.45, 7) is 2.89. The average molecular weight is 270 g/mol. The molecule has 0 aromatic heterocycles. The number of aliphatic hydroxyl groups excluding tert-OH is 1. The molecule has 1 aromatic rings. The normalized spacial score (nSPS) is 22.3. The van der Waals surface area contributed by atoms with Crippen LogP contribution in [0.3, 0.4) is 0 Å². The Morgan fingerprint density at radius 1 is 1.50 bits per heavy atom. The fraction of sp³-hybridized carbons (Fsp3) is 0.571. The van der Waals surface area contributed by atoms with Crippen molar-refractivity contribution in [2.45, 2.75) is 25.0 Å². The van der Waals surface area contributed by atoms with E-state index < -0.39 is 6.10 Å². The minimum Gasteiger partial charge on any atom is -0.388 e. The van der Waals surface area contributed by atoms with Gasteiger partial charge in [-0.15, -0.1) is 0 Å². The van der Waals surface area contributed by atoms with Crippen LogP contribution >= 0.6 is 11.6 Å². The number of rotatable bonds is 5. The SMILES string of the molecule is COC1CCN(CCC(O)c2ccccc2Cl)C1. The molecule has 0 bridgehead atoms. The first-order chi connectivity index (χ1) is 8.70. The molecule has 0 radical (unpaired) electrons. The Balaban J connectivity index is 1.82. The lowest BCUT2D eigenvalue weighted by Crippen LogP contribution is -2.25. The Morgan fingerprint density at radius 2 is 2.28 bits per heavy atom. The molecule has 18 heavy (non-hydrogen) atoms. The molecule has 0 aliphatic carbocycles. The number of methoxy groups -OCH3 is 1. The summed E-state index contributed by atoms with van der Waals surface area (Å²) in [4.78, 5) is 2.33. The lowest BCUT2D eigenvalue weighted by molar-refractivity contribution is 0.102. The van der Waals surface area contributed by atoms with Gasteiger partial charge in [0.1, 0.15) is 0 Å². The molecule has 3 nitrogen and oxygen atoms in total. The number of hydrogen-bond acceptors (Lipinski definition) is 3. The highest BCUT2D eigenvalue weighted by molar-refractivity contribution is 6.31. The third-order valence-corrected chi connectivity index (χ3v) is 3.89. The maximum Gasteiger partial charge on any atom is 0.0816 e. The molecule has 100 valence electrons. The van der Waals surface area contributed by atoms with E-state index in [1.165, 1.54) is 0 Å². The summed E-state index contributed by atoms with van der Waals surface area (Å²) in [7, 11) is 1.76. The van der Waals surface area contributed by atoms with Crippen LogP contribution < -0.4 is 0 Å². The van der Waals surface area contributed by atoms with Crippen molar-refractivity contribution in [3.05, 3.63) is 34.9 Å². The molecule has 2 unspecified atom stereocenters. The summed E-state index contributed by atoms with van der Waals surface area (Å²) in [6.07, 6.45) is 1.65. The second-order valence-corrected chi connectivity index (χ2v) is 5.18. The first-order valence-electron chi connectivity index (χ1n) is 6.38. The van der Waals surface area contributed by atoms with E-state index in [1.807, 2.05) is 24.3 Å². The monoisotopic (exact) mass is 269 g/mol. The Labute approximate surface area is 113 Å². The minimum absolute atomic E-state index is 0.349. The zero-order chi connectivity index (χ0) is 13.0. The highest BCUT2D eigenvalue weighted by atomic mass is 35.5. The molecule has 0 spiro atoms. The molecule has 0 saturated carbocycles. The van der Waals surface area contributed by atoms with E-state index in [9.17, 15) is 5.11 Å². The average Bonchev–Trinajstić information content (AvgIpc) is 2.84. The van der Waals surface area contributed by atoms with Crippen LogP contribution in [-0.2, 0) is 4.74 Å². The highest BCUT2D eigenvalue weighted by Crippen LogP contribution is 2.25. The van der Waals surface area contributed by atoms with E-state index >= 15 is 0 Å². The van der Waals surface area contributed by atoms with Crippen molar-refractivity contribution in [2.75, 3.05) is 26.7 Å². The van der Waals surface area contributed by atoms with E-state index in [1.54, 1.807) is 7.11 Å². The largest absolute Gasteiger partial charge is 0.388 e. The molecule has 1 aromatic carbocycles. The molecule has 2 rings (SSSR count). The smallest absolute Gasteiger partial charge is 0.0816 e. The summed E-state index contributed by atoms with van der Waals surface area (Å²) < 4.78 is 5.33. The van der Waals surface area contributed by atoms with Crippen LogP contribution in [0.15, 0.2) is 24.3 Å². The predicted octanol–water partition coefficient (Wildman–Crippen LogP) is 2.48. The van der Waals surface area contributed by atoms with Gasteiger partial charge in [0.15, 0.2) is 0 Å². The van der Waals surface area contributed by atoms with Gasteiger partial charge in [0.05, 0.1) is 12.2 Å². The summed E-state index contributed by atoms with van der Waals surface area (Å²) >= 11 is 6.07. The molecule has 0 amide bonds. The lowest BCUT2D eigenvalue weighted by atomic mass is 10.1. The van der Waals surface area contributed by atoms with E-state index in [4.69, 9.17) is 16.3 Å². The van der Waals surface area contributed by atoms with Crippen LogP contribution in [0.5, 0.6) is 0 Å². The van der Waals surface area contributed by atoms with Crippen LogP contribution in [-0.4, -0.2) is 42.9 Å². The van der Waals surface area contributed by atoms with Crippen molar-refractivity contribution in [3.8, 4) is 0 Å². The number of nitrogens with zero attached hydrogens (tertiary/aromatic N) is 1. The lowest BCUT2D eigenvalue weighted by Gasteiger charge is -2.18. The second kappa shape index (κ2) is 6.53. The van der Waals surface area contributed by atoms with Crippen LogP contribution in [0, 0.1) is 0 Å². The molecular weight excluding hydrogens is 250 g/mol. The number of halogens is 1. The van der Waals surface area contributed by atoms with Gasteiger partial charge in [0, 0.05) is 31.8 Å². The summed E-state index contributed by atoms with van der Waals surface area (Å²) in [5.41, 5.74) is 0.821. The van der Waals surface area contributed by atoms with E-state index in [-0.39, 0.29) is 0 Å². The maximum absolute atomic E-state index is 10.1. The van der Waals surface area contributed by atoms with Crippen LogP contribution in [0.1, 0.15) is 24.5 Å².